The molecule has 3 amide bonds. The molecule has 10 heteroatoms. The Bertz CT molecular complexity index is 1150. The van der Waals surface area contributed by atoms with E-state index in [9.17, 15) is 18.8 Å². The van der Waals surface area contributed by atoms with Crippen LogP contribution >= 0.6 is 11.3 Å². The molecule has 0 saturated heterocycles. The summed E-state index contributed by atoms with van der Waals surface area (Å²) in [5, 5.41) is 2.46. The molecule has 8 nitrogen and oxygen atoms in total. The van der Waals surface area contributed by atoms with Crippen LogP contribution in [-0.2, 0) is 4.79 Å². The second kappa shape index (κ2) is 8.84. The Hall–Kier alpha value is -3.92. The Morgan fingerprint density at radius 1 is 0.903 bits per heavy atom. The lowest BCUT2D eigenvalue weighted by molar-refractivity contribution is -0.120. The van der Waals surface area contributed by atoms with Crippen LogP contribution in [0.25, 0.3) is 10.4 Å². The largest absolute Gasteiger partial charge is 0.454 e. The number of nitrogens with one attached hydrogen (secondary N) is 3. The third kappa shape index (κ3) is 4.81. The van der Waals surface area contributed by atoms with Gasteiger partial charge in [-0.05, 0) is 48.0 Å². The van der Waals surface area contributed by atoms with E-state index in [-0.39, 0.29) is 19.2 Å². The van der Waals surface area contributed by atoms with Gasteiger partial charge >= 0.3 is 0 Å². The quantitative estimate of drug-likeness (QED) is 0.528. The van der Waals surface area contributed by atoms with Gasteiger partial charge in [-0.25, -0.2) is 4.39 Å². The van der Waals surface area contributed by atoms with Crippen molar-refractivity contribution in [2.45, 2.75) is 0 Å². The number of hydrogen-bond acceptors (Lipinski definition) is 6. The molecular weight excluding hydrogens is 425 g/mol. The highest BCUT2D eigenvalue weighted by Crippen LogP contribution is 2.32. The Kier molecular flexibility index (Phi) is 5.80. The Morgan fingerprint density at radius 3 is 2.48 bits per heavy atom. The summed E-state index contributed by atoms with van der Waals surface area (Å²) in [5.41, 5.74) is 5.63. The minimum absolute atomic E-state index is 0.0954. The van der Waals surface area contributed by atoms with Crippen LogP contribution in [0, 0.1) is 5.82 Å². The fourth-order valence-corrected chi connectivity index (χ4v) is 3.67. The molecule has 0 fully saturated rings. The second-order valence-corrected chi connectivity index (χ2v) is 7.51. The molecule has 3 N–H and O–H groups in total. The van der Waals surface area contributed by atoms with E-state index in [1.807, 2.05) is 0 Å². The Labute approximate surface area is 180 Å². The average Bonchev–Trinajstić information content (AvgIpc) is 3.45. The topological polar surface area (TPSA) is 106 Å². The zero-order valence-corrected chi connectivity index (χ0v) is 16.8. The molecule has 0 bridgehead atoms. The van der Waals surface area contributed by atoms with Crippen molar-refractivity contribution in [1.82, 2.24) is 16.2 Å². The molecular formula is C21H16FN3O5S. The van der Waals surface area contributed by atoms with Gasteiger partial charge in [0.1, 0.15) is 5.82 Å². The molecule has 1 aliphatic rings. The maximum absolute atomic E-state index is 13.0. The van der Waals surface area contributed by atoms with E-state index in [4.69, 9.17) is 9.47 Å². The fraction of sp³-hybridized carbons (Fsp3) is 0.0952. The predicted octanol–water partition coefficient (Wildman–Crippen LogP) is 2.47. The minimum Gasteiger partial charge on any atom is -0.454 e. The number of benzene rings is 2. The number of carbonyl (C=O) groups excluding carboxylic acids is 3. The number of halogens is 1. The average molecular weight is 441 g/mol. The van der Waals surface area contributed by atoms with Crippen LogP contribution in [0.2, 0.25) is 0 Å². The van der Waals surface area contributed by atoms with Crippen molar-refractivity contribution in [3.8, 4) is 21.9 Å². The molecule has 31 heavy (non-hydrogen) atoms. The summed E-state index contributed by atoms with van der Waals surface area (Å²) in [5.74, 6) is -0.909. The van der Waals surface area contributed by atoms with Crippen molar-refractivity contribution < 1.29 is 28.2 Å². The maximum Gasteiger partial charge on any atom is 0.279 e. The van der Waals surface area contributed by atoms with E-state index in [1.54, 1.807) is 36.4 Å². The maximum atomic E-state index is 13.0. The lowest BCUT2D eigenvalue weighted by atomic mass is 10.2. The van der Waals surface area contributed by atoms with E-state index in [2.05, 4.69) is 16.2 Å². The van der Waals surface area contributed by atoms with Crippen molar-refractivity contribution in [1.29, 1.82) is 0 Å². The monoisotopic (exact) mass is 441 g/mol. The summed E-state index contributed by atoms with van der Waals surface area (Å²) in [6, 6.07) is 13.9. The molecule has 158 valence electrons. The second-order valence-electron chi connectivity index (χ2n) is 6.42. The van der Waals surface area contributed by atoms with Gasteiger partial charge in [0.05, 0.1) is 11.4 Å². The van der Waals surface area contributed by atoms with Gasteiger partial charge in [-0.2, -0.15) is 0 Å². The van der Waals surface area contributed by atoms with Gasteiger partial charge in [0.2, 0.25) is 6.79 Å². The number of amides is 3. The van der Waals surface area contributed by atoms with Crippen LogP contribution in [-0.4, -0.2) is 31.1 Å². The van der Waals surface area contributed by atoms with Gasteiger partial charge in [0.25, 0.3) is 17.7 Å². The first kappa shape index (κ1) is 20.4. The lowest BCUT2D eigenvalue weighted by Gasteiger charge is -2.08. The van der Waals surface area contributed by atoms with Gasteiger partial charge in [0, 0.05) is 10.4 Å². The van der Waals surface area contributed by atoms with Crippen LogP contribution in [0.5, 0.6) is 11.5 Å². The summed E-state index contributed by atoms with van der Waals surface area (Å²) in [6.07, 6.45) is 0. The highest BCUT2D eigenvalue weighted by molar-refractivity contribution is 7.17. The van der Waals surface area contributed by atoms with E-state index in [0.29, 0.717) is 21.9 Å². The van der Waals surface area contributed by atoms with Crippen LogP contribution in [0.15, 0.2) is 54.6 Å². The SMILES string of the molecule is O=C(CNC(=O)c1ccc2c(c1)OCO2)NNC(=O)c1ccc(-c2ccc(F)cc2)s1. The third-order valence-electron chi connectivity index (χ3n) is 4.32. The van der Waals surface area contributed by atoms with Crippen LogP contribution in [0.3, 0.4) is 0 Å². The lowest BCUT2D eigenvalue weighted by Crippen LogP contribution is -2.46. The molecule has 1 aromatic heterocycles. The van der Waals surface area contributed by atoms with Gasteiger partial charge < -0.3 is 14.8 Å². The number of hydrazine groups is 1. The summed E-state index contributed by atoms with van der Waals surface area (Å²) < 4.78 is 23.4. The number of thiophene rings is 1. The van der Waals surface area contributed by atoms with E-state index in [1.165, 1.54) is 29.5 Å². The number of rotatable bonds is 5. The standard InChI is InChI=1S/C21H16FN3O5S/c22-14-4-1-12(2-5-14)17-7-8-18(31-17)21(28)25-24-19(26)10-23-20(27)13-3-6-15-16(9-13)30-11-29-15/h1-9H,10-11H2,(H,23,27)(H,24,26)(H,25,28). The fourth-order valence-electron chi connectivity index (χ4n) is 2.76. The zero-order valence-electron chi connectivity index (χ0n) is 15.9. The molecule has 0 radical (unpaired) electrons. The van der Waals surface area contributed by atoms with Crippen molar-refractivity contribution in [2.75, 3.05) is 13.3 Å². The number of fused-ring (bicyclic) bond motifs is 1. The molecule has 0 spiro atoms. The molecule has 2 heterocycles. The molecule has 0 unspecified atom stereocenters. The molecule has 0 aliphatic carbocycles. The summed E-state index contributed by atoms with van der Waals surface area (Å²) in [7, 11) is 0. The molecule has 3 aromatic rings. The first-order chi connectivity index (χ1) is 15.0. The van der Waals surface area contributed by atoms with Crippen molar-refractivity contribution in [3.63, 3.8) is 0 Å². The summed E-state index contributed by atoms with van der Waals surface area (Å²) in [4.78, 5) is 37.5. The minimum atomic E-state index is -0.599. The molecule has 1 aliphatic heterocycles. The van der Waals surface area contributed by atoms with Crippen LogP contribution < -0.4 is 25.6 Å². The predicted molar refractivity (Wildman–Crippen MR) is 110 cm³/mol. The van der Waals surface area contributed by atoms with E-state index in [0.717, 1.165) is 10.4 Å². The third-order valence-corrected chi connectivity index (χ3v) is 5.45. The number of ether oxygens (including phenoxy) is 2. The first-order valence-electron chi connectivity index (χ1n) is 9.12. The van der Waals surface area contributed by atoms with E-state index < -0.39 is 17.7 Å². The summed E-state index contributed by atoms with van der Waals surface area (Å²) in [6.45, 7) is -0.239. The highest BCUT2D eigenvalue weighted by atomic mass is 32.1. The zero-order chi connectivity index (χ0) is 21.8. The highest BCUT2D eigenvalue weighted by Gasteiger charge is 2.17. The smallest absolute Gasteiger partial charge is 0.279 e. The van der Waals surface area contributed by atoms with Crippen LogP contribution in [0.1, 0.15) is 20.0 Å². The number of carbonyl (C=O) groups is 3. The van der Waals surface area contributed by atoms with Gasteiger partial charge in [-0.15, -0.1) is 11.3 Å². The van der Waals surface area contributed by atoms with Gasteiger partial charge in [0.15, 0.2) is 11.5 Å². The first-order valence-corrected chi connectivity index (χ1v) is 9.94. The van der Waals surface area contributed by atoms with Crippen LogP contribution in [0.4, 0.5) is 4.39 Å². The molecule has 0 saturated carbocycles. The van der Waals surface area contributed by atoms with Crippen molar-refractivity contribution >= 4 is 29.1 Å². The van der Waals surface area contributed by atoms with Gasteiger partial charge in [-0.3, -0.25) is 25.2 Å². The van der Waals surface area contributed by atoms with Crippen molar-refractivity contribution in [2.24, 2.45) is 0 Å². The molecule has 4 rings (SSSR count). The molecule has 2 aromatic carbocycles. The number of hydrogen-bond donors (Lipinski definition) is 3. The van der Waals surface area contributed by atoms with Gasteiger partial charge in [-0.1, -0.05) is 12.1 Å². The van der Waals surface area contributed by atoms with Crippen molar-refractivity contribution in [3.05, 3.63) is 70.9 Å². The normalized spacial score (nSPS) is 11.6. The molecule has 0 atom stereocenters. The Morgan fingerprint density at radius 2 is 1.68 bits per heavy atom. The summed E-state index contributed by atoms with van der Waals surface area (Å²) >= 11 is 1.20. The van der Waals surface area contributed by atoms with E-state index >= 15 is 0 Å². The Balaban J connectivity index is 1.25.